The van der Waals surface area contributed by atoms with Gasteiger partial charge in [-0.15, -0.1) is 0 Å². The zero-order valence-electron chi connectivity index (χ0n) is 23.4. The van der Waals surface area contributed by atoms with Gasteiger partial charge in [-0.05, 0) is 86.8 Å². The summed E-state index contributed by atoms with van der Waals surface area (Å²) >= 11 is 0. The maximum Gasteiger partial charge on any atom is 0.264 e. The van der Waals surface area contributed by atoms with Crippen LogP contribution in [0.5, 0.6) is 0 Å². The van der Waals surface area contributed by atoms with Gasteiger partial charge >= 0.3 is 0 Å². The minimum absolute atomic E-state index is 0.0935. The Morgan fingerprint density at radius 3 is 2.07 bits per heavy atom. The van der Waals surface area contributed by atoms with Crippen molar-refractivity contribution in [2.75, 3.05) is 16.2 Å². The number of anilines is 2. The van der Waals surface area contributed by atoms with E-state index in [4.69, 9.17) is 0 Å². The van der Waals surface area contributed by atoms with Gasteiger partial charge in [0.15, 0.2) is 0 Å². The van der Waals surface area contributed by atoms with Crippen LogP contribution >= 0.6 is 0 Å². The third-order valence-corrected chi connectivity index (χ3v) is 8.25. The summed E-state index contributed by atoms with van der Waals surface area (Å²) in [6.45, 7) is 6.82. The van der Waals surface area contributed by atoms with E-state index >= 15 is 0 Å². The SMILES string of the molecule is C/C(=N/NC(=O)CN(c1cc(C)ccc1C)S(=O)(=O)c1ccc(C)cc1)c1ccc(NC(=O)c2ccccc2)cc1. The molecule has 0 aliphatic carbocycles. The Hall–Kier alpha value is -4.76. The molecule has 2 N–H and O–H groups in total. The van der Waals surface area contributed by atoms with Crippen LogP contribution in [0.2, 0.25) is 0 Å². The first-order valence-electron chi connectivity index (χ1n) is 13.0. The molecule has 0 bridgehead atoms. The fourth-order valence-electron chi connectivity index (χ4n) is 4.09. The highest BCUT2D eigenvalue weighted by molar-refractivity contribution is 7.92. The molecular weight excluding hydrogens is 536 g/mol. The molecule has 4 aromatic rings. The lowest BCUT2D eigenvalue weighted by Crippen LogP contribution is -2.40. The van der Waals surface area contributed by atoms with Gasteiger partial charge in [-0.1, -0.05) is 60.2 Å². The molecule has 0 unspecified atom stereocenters. The van der Waals surface area contributed by atoms with Gasteiger partial charge in [0.25, 0.3) is 21.8 Å². The second-order valence-electron chi connectivity index (χ2n) is 9.74. The number of amides is 2. The summed E-state index contributed by atoms with van der Waals surface area (Å²) in [5.74, 6) is -0.808. The van der Waals surface area contributed by atoms with E-state index in [1.807, 2.05) is 32.0 Å². The van der Waals surface area contributed by atoms with Gasteiger partial charge in [0.1, 0.15) is 6.54 Å². The summed E-state index contributed by atoms with van der Waals surface area (Å²) < 4.78 is 28.5. The molecule has 0 radical (unpaired) electrons. The highest BCUT2D eigenvalue weighted by Crippen LogP contribution is 2.28. The summed E-state index contributed by atoms with van der Waals surface area (Å²) in [4.78, 5) is 25.5. The Labute approximate surface area is 240 Å². The van der Waals surface area contributed by atoms with E-state index in [1.165, 1.54) is 12.1 Å². The summed E-state index contributed by atoms with van der Waals surface area (Å²) in [6, 6.07) is 27.9. The van der Waals surface area contributed by atoms with E-state index < -0.39 is 22.5 Å². The molecule has 9 heteroatoms. The number of sulfonamides is 1. The highest BCUT2D eigenvalue weighted by Gasteiger charge is 2.28. The van der Waals surface area contributed by atoms with Crippen molar-refractivity contribution in [3.63, 3.8) is 0 Å². The first kappa shape index (κ1) is 29.2. The van der Waals surface area contributed by atoms with E-state index in [0.29, 0.717) is 22.6 Å². The third kappa shape index (κ3) is 7.26. The Balaban J connectivity index is 1.49. The number of nitrogens with one attached hydrogen (secondary N) is 2. The van der Waals surface area contributed by atoms with Gasteiger partial charge in [0, 0.05) is 11.3 Å². The Morgan fingerprint density at radius 2 is 1.41 bits per heavy atom. The van der Waals surface area contributed by atoms with Crippen molar-refractivity contribution in [2.24, 2.45) is 5.10 Å². The normalized spacial score (nSPS) is 11.6. The quantitative estimate of drug-likeness (QED) is 0.202. The standard InChI is InChI=1S/C32H32N4O4S/c1-22-11-18-29(19-12-22)41(39,40)36(30-20-23(2)10-13-24(30)3)21-31(37)35-34-25(4)26-14-16-28(17-15-26)33-32(38)27-8-6-5-7-9-27/h5-20H,21H2,1-4H3,(H,33,38)(H,35,37)/b34-25-. The number of hydrogen-bond acceptors (Lipinski definition) is 5. The second kappa shape index (κ2) is 12.6. The van der Waals surface area contributed by atoms with Gasteiger partial charge in [0.2, 0.25) is 0 Å². The summed E-state index contributed by atoms with van der Waals surface area (Å²) in [6.07, 6.45) is 0. The van der Waals surface area contributed by atoms with Crippen LogP contribution in [0.1, 0.15) is 39.5 Å². The van der Waals surface area contributed by atoms with Gasteiger partial charge in [-0.3, -0.25) is 13.9 Å². The van der Waals surface area contributed by atoms with Crippen LogP contribution in [0.3, 0.4) is 0 Å². The molecule has 210 valence electrons. The van der Waals surface area contributed by atoms with Crippen molar-refractivity contribution >= 4 is 38.9 Å². The zero-order valence-corrected chi connectivity index (χ0v) is 24.2. The molecule has 2 amide bonds. The Bertz CT molecular complexity index is 1680. The molecule has 4 aromatic carbocycles. The molecule has 0 aromatic heterocycles. The maximum atomic E-state index is 13.7. The molecule has 4 rings (SSSR count). The molecule has 0 aliphatic heterocycles. The minimum atomic E-state index is -4.04. The van der Waals surface area contributed by atoms with E-state index in [0.717, 1.165) is 26.6 Å². The molecule has 8 nitrogen and oxygen atoms in total. The molecule has 0 fully saturated rings. The van der Waals surface area contributed by atoms with Crippen LogP contribution in [0.25, 0.3) is 0 Å². The second-order valence-corrected chi connectivity index (χ2v) is 11.6. The van der Waals surface area contributed by atoms with Crippen molar-refractivity contribution < 1.29 is 18.0 Å². The van der Waals surface area contributed by atoms with Crippen molar-refractivity contribution in [1.29, 1.82) is 0 Å². The predicted molar refractivity (Wildman–Crippen MR) is 163 cm³/mol. The first-order chi connectivity index (χ1) is 19.5. The third-order valence-electron chi connectivity index (χ3n) is 6.47. The summed E-state index contributed by atoms with van der Waals surface area (Å²) in [7, 11) is -4.04. The lowest BCUT2D eigenvalue weighted by molar-refractivity contribution is -0.119. The van der Waals surface area contributed by atoms with Crippen molar-refractivity contribution in [2.45, 2.75) is 32.6 Å². The van der Waals surface area contributed by atoms with Crippen molar-refractivity contribution in [3.8, 4) is 0 Å². The fourth-order valence-corrected chi connectivity index (χ4v) is 5.57. The average molecular weight is 569 g/mol. The number of carbonyl (C=O) groups is 2. The topological polar surface area (TPSA) is 108 Å². The molecule has 0 spiro atoms. The number of aryl methyl sites for hydroxylation is 3. The number of rotatable bonds is 9. The smallest absolute Gasteiger partial charge is 0.264 e. The van der Waals surface area contributed by atoms with Crippen LogP contribution in [0, 0.1) is 20.8 Å². The zero-order chi connectivity index (χ0) is 29.6. The number of hydrazone groups is 1. The van der Waals surface area contributed by atoms with Crippen LogP contribution in [-0.2, 0) is 14.8 Å². The fraction of sp³-hybridized carbons (Fsp3) is 0.156. The number of benzene rings is 4. The van der Waals surface area contributed by atoms with Crippen LogP contribution in [0.15, 0.2) is 107 Å². The van der Waals surface area contributed by atoms with E-state index in [-0.39, 0.29) is 10.8 Å². The molecule has 0 atom stereocenters. The highest BCUT2D eigenvalue weighted by atomic mass is 32.2. The molecule has 41 heavy (non-hydrogen) atoms. The molecular formula is C32H32N4O4S. The molecule has 0 heterocycles. The minimum Gasteiger partial charge on any atom is -0.322 e. The van der Waals surface area contributed by atoms with Gasteiger partial charge in [-0.2, -0.15) is 5.10 Å². The lowest BCUT2D eigenvalue weighted by atomic mass is 10.1. The summed E-state index contributed by atoms with van der Waals surface area (Å²) in [5.41, 5.74) is 7.84. The predicted octanol–water partition coefficient (Wildman–Crippen LogP) is 5.60. The Morgan fingerprint density at radius 1 is 0.780 bits per heavy atom. The maximum absolute atomic E-state index is 13.7. The van der Waals surface area contributed by atoms with E-state index in [2.05, 4.69) is 15.8 Å². The summed E-state index contributed by atoms with van der Waals surface area (Å²) in [5, 5.41) is 7.03. The van der Waals surface area contributed by atoms with Crippen LogP contribution in [-0.4, -0.2) is 32.5 Å². The van der Waals surface area contributed by atoms with Gasteiger partial charge in [-0.25, -0.2) is 13.8 Å². The lowest BCUT2D eigenvalue weighted by Gasteiger charge is -2.25. The first-order valence-corrected chi connectivity index (χ1v) is 14.5. The van der Waals surface area contributed by atoms with Gasteiger partial charge < -0.3 is 5.32 Å². The number of carbonyl (C=O) groups excluding carboxylic acids is 2. The Kier molecular flexibility index (Phi) is 8.99. The van der Waals surface area contributed by atoms with Gasteiger partial charge in [0.05, 0.1) is 16.3 Å². The average Bonchev–Trinajstić information content (AvgIpc) is 2.97. The molecule has 0 saturated heterocycles. The molecule has 0 saturated carbocycles. The van der Waals surface area contributed by atoms with Crippen molar-refractivity contribution in [1.82, 2.24) is 5.43 Å². The van der Waals surface area contributed by atoms with Crippen LogP contribution < -0.4 is 15.0 Å². The van der Waals surface area contributed by atoms with E-state index in [1.54, 1.807) is 80.6 Å². The van der Waals surface area contributed by atoms with E-state index in [9.17, 15) is 18.0 Å². The number of hydrogen-bond donors (Lipinski definition) is 2. The monoisotopic (exact) mass is 568 g/mol. The van der Waals surface area contributed by atoms with Crippen molar-refractivity contribution in [3.05, 3.63) is 125 Å². The van der Waals surface area contributed by atoms with Crippen LogP contribution in [0.4, 0.5) is 11.4 Å². The molecule has 0 aliphatic rings. The number of nitrogens with zero attached hydrogens (tertiary/aromatic N) is 2. The largest absolute Gasteiger partial charge is 0.322 e.